The molecule has 0 fully saturated rings. The summed E-state index contributed by atoms with van der Waals surface area (Å²) >= 11 is 7.28. The fourth-order valence-corrected chi connectivity index (χ4v) is 6.51. The van der Waals surface area contributed by atoms with Gasteiger partial charge < -0.3 is 18.9 Å². The lowest BCUT2D eigenvalue weighted by Crippen LogP contribution is -2.40. The van der Waals surface area contributed by atoms with Crippen LogP contribution in [0, 0.1) is 0 Å². The molecule has 4 aromatic carbocycles. The van der Waals surface area contributed by atoms with Gasteiger partial charge in [0.1, 0.15) is 12.4 Å². The molecular formula is C37H31ClN2O6S. The molecule has 1 aliphatic heterocycles. The SMILES string of the molecule is CCOC(=O)C1=C(c2ccccc2)N=c2s/c(=C/c3ccccc3OCc3ccc(Cl)cc3)c(=O)n2[C@H]1c1ccc(OC)c(OC)c1. The van der Waals surface area contributed by atoms with E-state index in [-0.39, 0.29) is 17.7 Å². The number of fused-ring (bicyclic) bond motifs is 1. The number of rotatable bonds is 10. The normalized spacial score (nSPS) is 14.3. The van der Waals surface area contributed by atoms with E-state index in [0.717, 1.165) is 16.7 Å². The Balaban J connectivity index is 1.54. The maximum atomic E-state index is 14.4. The van der Waals surface area contributed by atoms with Gasteiger partial charge in [-0.15, -0.1) is 0 Å². The number of hydrogen-bond donors (Lipinski definition) is 0. The molecule has 1 atom stereocenters. The maximum Gasteiger partial charge on any atom is 0.338 e. The van der Waals surface area contributed by atoms with Crippen molar-refractivity contribution in [3.05, 3.63) is 150 Å². The lowest BCUT2D eigenvalue weighted by Gasteiger charge is -2.26. The zero-order valence-electron chi connectivity index (χ0n) is 25.9. The molecule has 0 aliphatic carbocycles. The van der Waals surface area contributed by atoms with Gasteiger partial charge in [-0.1, -0.05) is 89.7 Å². The molecule has 238 valence electrons. The molecule has 5 aromatic rings. The van der Waals surface area contributed by atoms with Gasteiger partial charge in [0.25, 0.3) is 5.56 Å². The van der Waals surface area contributed by atoms with E-state index in [1.807, 2.05) is 84.9 Å². The molecule has 0 radical (unpaired) electrons. The van der Waals surface area contributed by atoms with E-state index in [1.165, 1.54) is 18.4 Å². The van der Waals surface area contributed by atoms with Crippen LogP contribution >= 0.6 is 22.9 Å². The second kappa shape index (κ2) is 14.1. The van der Waals surface area contributed by atoms with Crippen molar-refractivity contribution in [2.75, 3.05) is 20.8 Å². The maximum absolute atomic E-state index is 14.4. The van der Waals surface area contributed by atoms with Crippen LogP contribution in [-0.4, -0.2) is 31.4 Å². The molecule has 1 aliphatic rings. The van der Waals surface area contributed by atoms with Crippen molar-refractivity contribution in [2.24, 2.45) is 4.99 Å². The second-order valence-corrected chi connectivity index (χ2v) is 11.9. The Hall–Kier alpha value is -5.12. The number of hydrogen-bond acceptors (Lipinski definition) is 8. The number of halogens is 1. The van der Waals surface area contributed by atoms with E-state index in [9.17, 15) is 9.59 Å². The van der Waals surface area contributed by atoms with Crippen molar-refractivity contribution in [3.63, 3.8) is 0 Å². The molecule has 2 heterocycles. The fraction of sp³-hybridized carbons (Fsp3) is 0.162. The van der Waals surface area contributed by atoms with E-state index in [2.05, 4.69) is 0 Å². The molecule has 0 saturated heterocycles. The lowest BCUT2D eigenvalue weighted by molar-refractivity contribution is -0.138. The molecule has 10 heteroatoms. The zero-order chi connectivity index (χ0) is 32.9. The Morgan fingerprint density at radius 1 is 0.915 bits per heavy atom. The number of aromatic nitrogens is 1. The molecule has 0 spiro atoms. The van der Waals surface area contributed by atoms with Crippen LogP contribution in [0.25, 0.3) is 11.8 Å². The minimum atomic E-state index is -0.862. The summed E-state index contributed by atoms with van der Waals surface area (Å²) in [5.74, 6) is 1.02. The van der Waals surface area contributed by atoms with Gasteiger partial charge in [-0.2, -0.15) is 0 Å². The first-order valence-corrected chi connectivity index (χ1v) is 16.1. The van der Waals surface area contributed by atoms with Gasteiger partial charge in [0.2, 0.25) is 0 Å². The average Bonchev–Trinajstić information content (AvgIpc) is 3.41. The second-order valence-electron chi connectivity index (χ2n) is 10.5. The molecule has 0 saturated carbocycles. The van der Waals surface area contributed by atoms with E-state index in [4.69, 9.17) is 35.5 Å². The van der Waals surface area contributed by atoms with Crippen LogP contribution in [0.2, 0.25) is 5.02 Å². The van der Waals surface area contributed by atoms with Crippen LogP contribution < -0.4 is 29.1 Å². The van der Waals surface area contributed by atoms with Crippen LogP contribution in [0.5, 0.6) is 17.2 Å². The first-order chi connectivity index (χ1) is 22.9. The summed E-state index contributed by atoms with van der Waals surface area (Å²) in [6.07, 6.45) is 1.79. The molecule has 0 unspecified atom stereocenters. The summed E-state index contributed by atoms with van der Waals surface area (Å²) in [6, 6.07) is 28.8. The number of para-hydroxylation sites is 1. The van der Waals surface area contributed by atoms with Gasteiger partial charge in [-0.25, -0.2) is 9.79 Å². The van der Waals surface area contributed by atoms with Gasteiger partial charge in [0, 0.05) is 16.1 Å². The van der Waals surface area contributed by atoms with Crippen molar-refractivity contribution in [3.8, 4) is 17.2 Å². The zero-order valence-corrected chi connectivity index (χ0v) is 27.5. The van der Waals surface area contributed by atoms with E-state index in [0.29, 0.717) is 49.5 Å². The Bertz CT molecular complexity index is 2140. The minimum Gasteiger partial charge on any atom is -0.493 e. The van der Waals surface area contributed by atoms with Crippen molar-refractivity contribution in [2.45, 2.75) is 19.6 Å². The van der Waals surface area contributed by atoms with Crippen LogP contribution in [0.1, 0.15) is 35.2 Å². The third-order valence-electron chi connectivity index (χ3n) is 7.61. The number of esters is 1. The van der Waals surface area contributed by atoms with E-state index in [1.54, 1.807) is 36.8 Å². The van der Waals surface area contributed by atoms with Gasteiger partial charge in [-0.3, -0.25) is 9.36 Å². The Labute approximate surface area is 280 Å². The number of ether oxygens (including phenoxy) is 4. The summed E-state index contributed by atoms with van der Waals surface area (Å²) in [5.41, 5.74) is 3.41. The number of methoxy groups -OCH3 is 2. The molecule has 0 amide bonds. The first kappa shape index (κ1) is 31.8. The third-order valence-corrected chi connectivity index (χ3v) is 8.85. The Kier molecular flexibility index (Phi) is 9.56. The van der Waals surface area contributed by atoms with Crippen LogP contribution in [0.3, 0.4) is 0 Å². The minimum absolute atomic E-state index is 0.153. The predicted octanol–water partition coefficient (Wildman–Crippen LogP) is 6.19. The van der Waals surface area contributed by atoms with Crippen molar-refractivity contribution >= 4 is 40.7 Å². The van der Waals surface area contributed by atoms with Crippen molar-refractivity contribution < 1.29 is 23.7 Å². The van der Waals surface area contributed by atoms with E-state index < -0.39 is 12.0 Å². The monoisotopic (exact) mass is 666 g/mol. The Morgan fingerprint density at radius 2 is 1.64 bits per heavy atom. The predicted molar refractivity (Wildman–Crippen MR) is 183 cm³/mol. The highest BCUT2D eigenvalue weighted by atomic mass is 35.5. The van der Waals surface area contributed by atoms with Gasteiger partial charge in [0.15, 0.2) is 16.3 Å². The number of benzene rings is 4. The number of carbonyl (C=O) groups excluding carboxylic acids is 1. The molecule has 8 nitrogen and oxygen atoms in total. The van der Waals surface area contributed by atoms with Gasteiger partial charge >= 0.3 is 5.97 Å². The largest absolute Gasteiger partial charge is 0.493 e. The number of nitrogens with zero attached hydrogens (tertiary/aromatic N) is 2. The highest BCUT2D eigenvalue weighted by molar-refractivity contribution is 7.07. The van der Waals surface area contributed by atoms with Crippen LogP contribution in [0.15, 0.2) is 112 Å². The van der Waals surface area contributed by atoms with Gasteiger partial charge in [-0.05, 0) is 54.5 Å². The average molecular weight is 667 g/mol. The smallest absolute Gasteiger partial charge is 0.338 e. The summed E-state index contributed by atoms with van der Waals surface area (Å²) in [4.78, 5) is 33.5. The highest BCUT2D eigenvalue weighted by Gasteiger charge is 2.35. The van der Waals surface area contributed by atoms with Crippen molar-refractivity contribution in [1.29, 1.82) is 0 Å². The topological polar surface area (TPSA) is 88.4 Å². The molecule has 6 rings (SSSR count). The molecule has 0 N–H and O–H groups in total. The van der Waals surface area contributed by atoms with E-state index >= 15 is 0 Å². The summed E-state index contributed by atoms with van der Waals surface area (Å²) < 4.78 is 24.8. The molecular weight excluding hydrogens is 636 g/mol. The molecule has 47 heavy (non-hydrogen) atoms. The van der Waals surface area contributed by atoms with Crippen LogP contribution in [-0.2, 0) is 16.1 Å². The molecule has 0 bridgehead atoms. The highest BCUT2D eigenvalue weighted by Crippen LogP contribution is 2.38. The standard InChI is InChI=1S/C37H31ClN2O6S/c1-4-45-36(42)32-33(24-10-6-5-7-11-24)39-37-40(34(32)26-16-19-29(43-2)30(20-26)44-3)35(41)31(47-37)21-25-12-8-9-13-28(25)46-22-23-14-17-27(38)18-15-23/h5-21,34H,4,22H2,1-3H3/b31-21+/t34-/m0/s1. The van der Waals surface area contributed by atoms with Crippen LogP contribution in [0.4, 0.5) is 0 Å². The number of carbonyl (C=O) groups is 1. The quantitative estimate of drug-likeness (QED) is 0.165. The van der Waals surface area contributed by atoms with Gasteiger partial charge in [0.05, 0.1) is 42.7 Å². The third kappa shape index (κ3) is 6.58. The first-order valence-electron chi connectivity index (χ1n) is 14.9. The lowest BCUT2D eigenvalue weighted by atomic mass is 9.93. The Morgan fingerprint density at radius 3 is 2.36 bits per heavy atom. The molecule has 1 aromatic heterocycles. The number of thiazole rings is 1. The summed E-state index contributed by atoms with van der Waals surface area (Å²) in [6.45, 7) is 2.22. The summed E-state index contributed by atoms with van der Waals surface area (Å²) in [5, 5.41) is 0.650. The fourth-order valence-electron chi connectivity index (χ4n) is 5.39. The van der Waals surface area contributed by atoms with Crippen molar-refractivity contribution in [1.82, 2.24) is 4.57 Å². The summed E-state index contributed by atoms with van der Waals surface area (Å²) in [7, 11) is 3.09.